The zero-order valence-corrected chi connectivity index (χ0v) is 20.5. The van der Waals surface area contributed by atoms with Gasteiger partial charge in [0.05, 0.1) is 28.3 Å². The van der Waals surface area contributed by atoms with Gasteiger partial charge in [0.2, 0.25) is 5.91 Å². The number of hydrogen-bond acceptors (Lipinski definition) is 5. The quantitative estimate of drug-likeness (QED) is 0.588. The van der Waals surface area contributed by atoms with Crippen molar-refractivity contribution in [2.75, 3.05) is 29.4 Å². The van der Waals surface area contributed by atoms with Crippen molar-refractivity contribution in [2.24, 2.45) is 11.3 Å². The van der Waals surface area contributed by atoms with Crippen molar-refractivity contribution in [2.45, 2.75) is 45.9 Å². The molecule has 0 aliphatic carbocycles. The largest absolute Gasteiger partial charge is 0.491 e. The maximum Gasteiger partial charge on any atom is 0.262 e. The van der Waals surface area contributed by atoms with Crippen LogP contribution in [0.15, 0.2) is 41.3 Å². The maximum absolute atomic E-state index is 14.2. The Labute approximate surface area is 194 Å². The molecule has 0 bridgehead atoms. The highest BCUT2D eigenvalue weighted by Gasteiger charge is 2.37. The molecular weight excluding hydrogens is 447 g/mol. The topological polar surface area (TPSA) is 84.9 Å². The van der Waals surface area contributed by atoms with Gasteiger partial charge in [0, 0.05) is 6.54 Å². The lowest BCUT2D eigenvalue weighted by Crippen LogP contribution is -2.42. The van der Waals surface area contributed by atoms with Crippen molar-refractivity contribution in [3.8, 4) is 11.5 Å². The number of sulfonamides is 1. The summed E-state index contributed by atoms with van der Waals surface area (Å²) in [6, 6.07) is 8.27. The van der Waals surface area contributed by atoms with Gasteiger partial charge in [-0.15, -0.1) is 0 Å². The van der Waals surface area contributed by atoms with Gasteiger partial charge in [-0.05, 0) is 69.5 Å². The summed E-state index contributed by atoms with van der Waals surface area (Å²) >= 11 is 0. The Kier molecular flexibility index (Phi) is 7.21. The second-order valence-electron chi connectivity index (χ2n) is 9.13. The normalized spacial score (nSPS) is 15.6. The highest BCUT2D eigenvalue weighted by atomic mass is 32.2. The Balaban J connectivity index is 1.94. The van der Waals surface area contributed by atoms with Gasteiger partial charge in [-0.1, -0.05) is 13.8 Å². The van der Waals surface area contributed by atoms with Crippen LogP contribution in [-0.2, 0) is 14.8 Å². The van der Waals surface area contributed by atoms with Gasteiger partial charge < -0.3 is 14.4 Å². The Hall–Kier alpha value is -2.81. The number of hydrogen-bond donors (Lipinski definition) is 1. The van der Waals surface area contributed by atoms with E-state index in [2.05, 4.69) is 18.6 Å². The van der Waals surface area contributed by atoms with Crippen molar-refractivity contribution in [1.82, 2.24) is 0 Å². The third-order valence-corrected chi connectivity index (χ3v) is 6.74. The van der Waals surface area contributed by atoms with Crippen LogP contribution in [0.5, 0.6) is 11.5 Å². The first-order valence-corrected chi connectivity index (χ1v) is 12.5. The molecule has 2 aromatic carbocycles. The molecule has 0 saturated carbocycles. The summed E-state index contributed by atoms with van der Waals surface area (Å²) in [7, 11) is -4.07. The van der Waals surface area contributed by atoms with Gasteiger partial charge in [0.15, 0.2) is 11.6 Å². The van der Waals surface area contributed by atoms with E-state index in [1.165, 1.54) is 12.1 Å². The van der Waals surface area contributed by atoms with E-state index < -0.39 is 21.3 Å². The lowest BCUT2D eigenvalue weighted by Gasteiger charge is -2.28. The Morgan fingerprint density at radius 1 is 1.21 bits per heavy atom. The molecule has 1 heterocycles. The first kappa shape index (κ1) is 24.8. The second-order valence-corrected chi connectivity index (χ2v) is 10.8. The molecule has 1 aliphatic rings. The number of anilines is 2. The maximum atomic E-state index is 14.2. The number of nitrogens with one attached hydrogen (secondary N) is 1. The summed E-state index contributed by atoms with van der Waals surface area (Å²) in [4.78, 5) is 14.7. The second kappa shape index (κ2) is 9.59. The lowest BCUT2D eigenvalue weighted by atomic mass is 9.92. The predicted octanol–water partition coefficient (Wildman–Crippen LogP) is 4.82. The van der Waals surface area contributed by atoms with Gasteiger partial charge in [0.1, 0.15) is 12.4 Å². The van der Waals surface area contributed by atoms with Crippen LogP contribution in [0.2, 0.25) is 0 Å². The fourth-order valence-electron chi connectivity index (χ4n) is 3.45. The highest BCUT2D eigenvalue weighted by Crippen LogP contribution is 2.39. The number of ether oxygens (including phenoxy) is 2. The van der Waals surface area contributed by atoms with Crippen LogP contribution < -0.4 is 19.1 Å². The van der Waals surface area contributed by atoms with E-state index in [-0.39, 0.29) is 35.5 Å². The summed E-state index contributed by atoms with van der Waals surface area (Å²) < 4.78 is 53.5. The van der Waals surface area contributed by atoms with Crippen LogP contribution in [0.1, 0.15) is 41.0 Å². The summed E-state index contributed by atoms with van der Waals surface area (Å²) in [5.41, 5.74) is 0.0215. The zero-order valence-electron chi connectivity index (χ0n) is 19.6. The Morgan fingerprint density at radius 3 is 2.58 bits per heavy atom. The first-order valence-electron chi connectivity index (χ1n) is 11.0. The smallest absolute Gasteiger partial charge is 0.262 e. The van der Waals surface area contributed by atoms with E-state index in [0.717, 1.165) is 12.5 Å². The van der Waals surface area contributed by atoms with Crippen LogP contribution in [0.4, 0.5) is 15.8 Å². The molecule has 0 unspecified atom stereocenters. The summed E-state index contributed by atoms with van der Waals surface area (Å²) in [5.74, 6) is 0.0244. The number of rotatable bonds is 8. The molecule has 0 aromatic heterocycles. The molecule has 7 nitrogen and oxygen atoms in total. The zero-order chi connectivity index (χ0) is 24.4. The Morgan fingerprint density at radius 2 is 1.94 bits per heavy atom. The number of carbonyl (C=O) groups is 1. The van der Waals surface area contributed by atoms with Gasteiger partial charge in [0.25, 0.3) is 10.0 Å². The third kappa shape index (κ3) is 5.58. The fourth-order valence-corrected chi connectivity index (χ4v) is 4.51. The summed E-state index contributed by atoms with van der Waals surface area (Å²) in [6.45, 7) is 10.5. The van der Waals surface area contributed by atoms with Crippen molar-refractivity contribution in [3.63, 3.8) is 0 Å². The van der Waals surface area contributed by atoms with Crippen LogP contribution >= 0.6 is 0 Å². The van der Waals surface area contributed by atoms with Gasteiger partial charge >= 0.3 is 0 Å². The molecule has 9 heteroatoms. The van der Waals surface area contributed by atoms with Crippen LogP contribution in [-0.4, -0.2) is 34.1 Å². The number of carbonyl (C=O) groups excluding carboxylic acids is 1. The van der Waals surface area contributed by atoms with Crippen LogP contribution in [0.3, 0.4) is 0 Å². The molecule has 0 radical (unpaired) electrons. The number of halogens is 1. The van der Waals surface area contributed by atoms with Crippen molar-refractivity contribution >= 4 is 27.3 Å². The fraction of sp³-hybridized carbons (Fsp3) is 0.458. The van der Waals surface area contributed by atoms with Crippen LogP contribution in [0.25, 0.3) is 0 Å². The molecular formula is C24H31FN2O5S. The van der Waals surface area contributed by atoms with Crippen molar-refractivity contribution in [3.05, 3.63) is 42.2 Å². The van der Waals surface area contributed by atoms with E-state index in [9.17, 15) is 17.6 Å². The molecule has 1 aliphatic heterocycles. The van der Waals surface area contributed by atoms with E-state index in [1.807, 2.05) is 13.8 Å². The predicted molar refractivity (Wildman–Crippen MR) is 126 cm³/mol. The molecule has 0 atom stereocenters. The van der Waals surface area contributed by atoms with E-state index in [0.29, 0.717) is 23.9 Å². The minimum Gasteiger partial charge on any atom is -0.491 e. The third-order valence-electron chi connectivity index (χ3n) is 5.36. The van der Waals surface area contributed by atoms with Crippen molar-refractivity contribution in [1.29, 1.82) is 0 Å². The standard InChI is InChI=1S/C24H31FN2O5S/c1-6-31-21-10-8-18(14-19(21)25)33(29,30)26-17-7-9-22-20(13-17)27(12-11-16(2)3)23(28)24(4,5)15-32-22/h7-10,13-14,16,26H,6,11-12,15H2,1-5H3. The van der Waals surface area contributed by atoms with Gasteiger partial charge in [-0.2, -0.15) is 0 Å². The van der Waals surface area contributed by atoms with Crippen molar-refractivity contribution < 1.29 is 27.1 Å². The average Bonchev–Trinajstić information content (AvgIpc) is 2.82. The SMILES string of the molecule is CCOc1ccc(S(=O)(=O)Nc2ccc3c(c2)N(CCC(C)C)C(=O)C(C)(C)CO3)cc1F. The minimum atomic E-state index is -4.07. The molecule has 1 amide bonds. The van der Waals surface area contributed by atoms with E-state index in [4.69, 9.17) is 9.47 Å². The van der Waals surface area contributed by atoms with Crippen LogP contribution in [0, 0.1) is 17.2 Å². The summed E-state index contributed by atoms with van der Waals surface area (Å²) in [5, 5.41) is 0. The minimum absolute atomic E-state index is 0.0134. The number of fused-ring (bicyclic) bond motifs is 1. The highest BCUT2D eigenvalue weighted by molar-refractivity contribution is 7.92. The molecule has 0 spiro atoms. The number of nitrogens with zero attached hydrogens (tertiary/aromatic N) is 1. The molecule has 1 N–H and O–H groups in total. The van der Waals surface area contributed by atoms with E-state index in [1.54, 1.807) is 30.0 Å². The lowest BCUT2D eigenvalue weighted by molar-refractivity contribution is -0.127. The molecule has 0 saturated heterocycles. The Bertz CT molecular complexity index is 1130. The average molecular weight is 479 g/mol. The monoisotopic (exact) mass is 478 g/mol. The first-order chi connectivity index (χ1) is 15.4. The van der Waals surface area contributed by atoms with Gasteiger partial charge in [-0.25, -0.2) is 12.8 Å². The molecule has 3 rings (SSSR count). The molecule has 0 fully saturated rings. The van der Waals surface area contributed by atoms with E-state index >= 15 is 0 Å². The number of amides is 1. The number of benzene rings is 2. The van der Waals surface area contributed by atoms with Gasteiger partial charge in [-0.3, -0.25) is 9.52 Å². The summed E-state index contributed by atoms with van der Waals surface area (Å²) in [6.07, 6.45) is 0.780. The molecule has 33 heavy (non-hydrogen) atoms. The molecule has 180 valence electrons. The molecule has 2 aromatic rings.